The van der Waals surface area contributed by atoms with Crippen molar-refractivity contribution < 1.29 is 29.1 Å². The van der Waals surface area contributed by atoms with Gasteiger partial charge in [-0.3, -0.25) is 24.0 Å². The number of rotatable bonds is 7. The summed E-state index contributed by atoms with van der Waals surface area (Å²) >= 11 is 0. The van der Waals surface area contributed by atoms with E-state index < -0.39 is 41.6 Å². The quantitative estimate of drug-likeness (QED) is 0.574. The van der Waals surface area contributed by atoms with Crippen LogP contribution in [0.3, 0.4) is 0 Å². The average Bonchev–Trinajstić information content (AvgIpc) is 3.47. The molecule has 3 rings (SSSR count). The van der Waals surface area contributed by atoms with Crippen molar-refractivity contribution >= 4 is 29.5 Å². The summed E-state index contributed by atoms with van der Waals surface area (Å²) in [7, 11) is 0. The second-order valence-electron chi connectivity index (χ2n) is 9.42. The van der Waals surface area contributed by atoms with Crippen molar-refractivity contribution in [3.63, 3.8) is 0 Å². The fourth-order valence-electron chi connectivity index (χ4n) is 4.40. The zero-order valence-electron chi connectivity index (χ0n) is 17.7. The highest BCUT2D eigenvalue weighted by molar-refractivity contribution is 6.20. The standard InChI is InChI=1S/C21H31N3O6/c1-21(2)10-15(25)18(19(29)22-11-17(27)28)20(30)24(21)12-14-5-7-23(8-6-14)16(26)9-13-3-4-13/h13-14,18H,3-12H2,1-2H3,(H,22,29)(H,27,28). The van der Waals surface area contributed by atoms with Crippen LogP contribution in [0.2, 0.25) is 0 Å². The lowest BCUT2D eigenvalue weighted by atomic mass is 9.81. The monoisotopic (exact) mass is 421 g/mol. The van der Waals surface area contributed by atoms with Gasteiger partial charge in [-0.15, -0.1) is 0 Å². The van der Waals surface area contributed by atoms with Gasteiger partial charge in [-0.05, 0) is 51.4 Å². The van der Waals surface area contributed by atoms with Crippen molar-refractivity contribution in [3.05, 3.63) is 0 Å². The highest BCUT2D eigenvalue weighted by atomic mass is 16.4. The van der Waals surface area contributed by atoms with E-state index in [4.69, 9.17) is 5.11 Å². The molecular weight excluding hydrogens is 390 g/mol. The summed E-state index contributed by atoms with van der Waals surface area (Å²) in [5, 5.41) is 10.9. The molecule has 30 heavy (non-hydrogen) atoms. The normalized spacial score (nSPS) is 24.7. The number of amides is 3. The Hall–Kier alpha value is -2.45. The van der Waals surface area contributed by atoms with E-state index in [1.807, 2.05) is 18.7 Å². The van der Waals surface area contributed by atoms with Crippen LogP contribution in [0.4, 0.5) is 0 Å². The number of aliphatic carboxylic acids is 1. The van der Waals surface area contributed by atoms with Gasteiger partial charge in [0.2, 0.25) is 17.7 Å². The van der Waals surface area contributed by atoms with E-state index in [9.17, 15) is 24.0 Å². The molecule has 3 amide bonds. The van der Waals surface area contributed by atoms with E-state index >= 15 is 0 Å². The average molecular weight is 421 g/mol. The van der Waals surface area contributed by atoms with Crippen LogP contribution in [0.25, 0.3) is 0 Å². The molecule has 3 fully saturated rings. The topological polar surface area (TPSA) is 124 Å². The predicted octanol–water partition coefficient (Wildman–Crippen LogP) is 0.422. The Morgan fingerprint density at radius 1 is 1.07 bits per heavy atom. The van der Waals surface area contributed by atoms with Gasteiger partial charge in [0.25, 0.3) is 0 Å². The zero-order valence-corrected chi connectivity index (χ0v) is 17.7. The van der Waals surface area contributed by atoms with Crippen molar-refractivity contribution in [1.29, 1.82) is 0 Å². The summed E-state index contributed by atoms with van der Waals surface area (Å²) in [6.07, 6.45) is 4.53. The molecule has 2 saturated heterocycles. The Kier molecular flexibility index (Phi) is 6.47. The van der Waals surface area contributed by atoms with Crippen molar-refractivity contribution in [3.8, 4) is 0 Å². The van der Waals surface area contributed by atoms with Gasteiger partial charge in [0.1, 0.15) is 6.54 Å². The van der Waals surface area contributed by atoms with Gasteiger partial charge >= 0.3 is 5.97 Å². The molecule has 1 saturated carbocycles. The summed E-state index contributed by atoms with van der Waals surface area (Å²) in [6.45, 7) is 4.74. The maximum Gasteiger partial charge on any atom is 0.322 e. The van der Waals surface area contributed by atoms with E-state index in [2.05, 4.69) is 5.32 Å². The molecular formula is C21H31N3O6. The Bertz CT molecular complexity index is 737. The van der Waals surface area contributed by atoms with E-state index in [-0.39, 0.29) is 18.2 Å². The second-order valence-corrected chi connectivity index (χ2v) is 9.42. The lowest BCUT2D eigenvalue weighted by molar-refractivity contribution is -0.159. The molecule has 2 aliphatic heterocycles. The molecule has 9 nitrogen and oxygen atoms in total. The molecule has 0 aromatic carbocycles. The molecule has 3 aliphatic rings. The van der Waals surface area contributed by atoms with Crippen LogP contribution in [0.5, 0.6) is 0 Å². The van der Waals surface area contributed by atoms with Gasteiger partial charge in [-0.1, -0.05) is 0 Å². The number of carboxylic acids is 1. The summed E-state index contributed by atoms with van der Waals surface area (Å²) in [6, 6.07) is 0. The number of carboxylic acid groups (broad SMARTS) is 1. The summed E-state index contributed by atoms with van der Waals surface area (Å²) in [5.74, 6) is -3.66. The third kappa shape index (κ3) is 5.17. The first kappa shape index (κ1) is 22.2. The number of hydrogen-bond acceptors (Lipinski definition) is 5. The van der Waals surface area contributed by atoms with Crippen LogP contribution in [0, 0.1) is 17.8 Å². The van der Waals surface area contributed by atoms with Crippen LogP contribution < -0.4 is 5.32 Å². The molecule has 2 N–H and O–H groups in total. The van der Waals surface area contributed by atoms with Gasteiger partial charge in [-0.25, -0.2) is 0 Å². The van der Waals surface area contributed by atoms with Gasteiger partial charge < -0.3 is 20.2 Å². The number of hydrogen-bond donors (Lipinski definition) is 2. The van der Waals surface area contributed by atoms with Gasteiger partial charge in [0.05, 0.1) is 0 Å². The van der Waals surface area contributed by atoms with Gasteiger partial charge in [0, 0.05) is 38.0 Å². The minimum absolute atomic E-state index is 0.0443. The summed E-state index contributed by atoms with van der Waals surface area (Å²) < 4.78 is 0. The zero-order chi connectivity index (χ0) is 22.1. The Morgan fingerprint density at radius 3 is 2.27 bits per heavy atom. The Morgan fingerprint density at radius 2 is 1.70 bits per heavy atom. The first-order valence-electron chi connectivity index (χ1n) is 10.7. The highest BCUT2D eigenvalue weighted by Crippen LogP contribution is 2.34. The lowest BCUT2D eigenvalue weighted by Crippen LogP contribution is -2.62. The molecule has 0 aromatic heterocycles. The summed E-state index contributed by atoms with van der Waals surface area (Å²) in [4.78, 5) is 64.3. The molecule has 0 aromatic rings. The summed E-state index contributed by atoms with van der Waals surface area (Å²) in [5.41, 5.74) is -0.712. The first-order chi connectivity index (χ1) is 14.1. The Labute approximate surface area is 176 Å². The fourth-order valence-corrected chi connectivity index (χ4v) is 4.40. The maximum atomic E-state index is 13.0. The SMILES string of the molecule is CC1(C)CC(=O)C(C(=O)NCC(=O)O)C(=O)N1CC1CCN(C(=O)CC2CC2)CC1. The van der Waals surface area contributed by atoms with Gasteiger partial charge in [0.15, 0.2) is 11.7 Å². The first-order valence-corrected chi connectivity index (χ1v) is 10.7. The lowest BCUT2D eigenvalue weighted by Gasteiger charge is -2.46. The molecule has 0 bridgehead atoms. The molecule has 2 heterocycles. The van der Waals surface area contributed by atoms with E-state index in [1.54, 1.807) is 4.90 Å². The fraction of sp³-hybridized carbons (Fsp3) is 0.762. The van der Waals surface area contributed by atoms with E-state index in [1.165, 1.54) is 0 Å². The minimum atomic E-state index is -1.49. The number of Topliss-reactive ketones (excluding diaryl/α,β-unsaturated/α-hetero) is 1. The van der Waals surface area contributed by atoms with Crippen molar-refractivity contribution in [2.24, 2.45) is 17.8 Å². The van der Waals surface area contributed by atoms with E-state index in [0.717, 1.165) is 25.7 Å². The molecule has 9 heteroatoms. The van der Waals surface area contributed by atoms with Crippen LogP contribution in [-0.2, 0) is 24.0 Å². The molecule has 1 atom stereocenters. The number of likely N-dealkylation sites (tertiary alicyclic amines) is 2. The van der Waals surface area contributed by atoms with Gasteiger partial charge in [-0.2, -0.15) is 0 Å². The third-order valence-corrected chi connectivity index (χ3v) is 6.42. The Balaban J connectivity index is 1.59. The highest BCUT2D eigenvalue weighted by Gasteiger charge is 2.49. The van der Waals surface area contributed by atoms with E-state index in [0.29, 0.717) is 32.0 Å². The molecule has 0 radical (unpaired) electrons. The maximum absolute atomic E-state index is 13.0. The largest absolute Gasteiger partial charge is 0.480 e. The molecule has 1 unspecified atom stereocenters. The van der Waals surface area contributed by atoms with Crippen LogP contribution in [-0.4, -0.2) is 76.1 Å². The predicted molar refractivity (Wildman–Crippen MR) is 106 cm³/mol. The van der Waals surface area contributed by atoms with Crippen molar-refractivity contribution in [1.82, 2.24) is 15.1 Å². The van der Waals surface area contributed by atoms with Crippen LogP contribution >= 0.6 is 0 Å². The van der Waals surface area contributed by atoms with Crippen LogP contribution in [0.1, 0.15) is 52.4 Å². The van der Waals surface area contributed by atoms with Crippen LogP contribution in [0.15, 0.2) is 0 Å². The third-order valence-electron chi connectivity index (χ3n) is 6.42. The number of nitrogens with one attached hydrogen (secondary N) is 1. The number of carbonyl (C=O) groups is 5. The molecule has 0 spiro atoms. The minimum Gasteiger partial charge on any atom is -0.480 e. The smallest absolute Gasteiger partial charge is 0.322 e. The molecule has 166 valence electrons. The number of piperidine rings is 2. The number of ketones is 1. The van der Waals surface area contributed by atoms with Crippen molar-refractivity contribution in [2.75, 3.05) is 26.2 Å². The second kappa shape index (κ2) is 8.73. The number of nitrogens with zero attached hydrogens (tertiary/aromatic N) is 2. The molecule has 1 aliphatic carbocycles. The number of carbonyl (C=O) groups excluding carboxylic acids is 4. The van der Waals surface area contributed by atoms with Crippen molar-refractivity contribution in [2.45, 2.75) is 57.9 Å².